The molecule has 0 saturated heterocycles. The van der Waals surface area contributed by atoms with Crippen molar-refractivity contribution < 1.29 is 18.3 Å². The van der Waals surface area contributed by atoms with Crippen molar-refractivity contribution in [1.29, 1.82) is 0 Å². The molecule has 2 rings (SSSR count). The minimum atomic E-state index is -3.29. The van der Waals surface area contributed by atoms with Gasteiger partial charge in [0.1, 0.15) is 5.69 Å². The van der Waals surface area contributed by atoms with Gasteiger partial charge in [0.05, 0.1) is 20.8 Å². The molecule has 0 spiro atoms. The van der Waals surface area contributed by atoms with Crippen molar-refractivity contribution in [1.82, 2.24) is 0 Å². The Labute approximate surface area is 137 Å². The number of nitro benzene ring substituents is 2. The van der Waals surface area contributed by atoms with Crippen molar-refractivity contribution in [2.24, 2.45) is 0 Å². The van der Waals surface area contributed by atoms with E-state index in [4.69, 9.17) is 0 Å². The zero-order valence-electron chi connectivity index (χ0n) is 12.5. The van der Waals surface area contributed by atoms with Crippen molar-refractivity contribution in [3.05, 3.63) is 68.3 Å². The Hall–Kier alpha value is -3.01. The zero-order valence-corrected chi connectivity index (χ0v) is 13.3. The summed E-state index contributed by atoms with van der Waals surface area (Å²) in [5.41, 5.74) is 0.0644. The second kappa shape index (κ2) is 6.62. The highest BCUT2D eigenvalue weighted by Crippen LogP contribution is 2.29. The van der Waals surface area contributed by atoms with Crippen LogP contribution in [-0.2, 0) is 16.4 Å². The van der Waals surface area contributed by atoms with Crippen LogP contribution in [0.15, 0.2) is 47.4 Å². The highest BCUT2D eigenvalue weighted by molar-refractivity contribution is 7.90. The summed E-state index contributed by atoms with van der Waals surface area (Å²) < 4.78 is 22.8. The van der Waals surface area contributed by atoms with E-state index in [1.165, 1.54) is 24.3 Å². The SMILES string of the molecule is CS(=O)(=O)c1ccc(CNc2ccc([N+](=O)[O-])cc2[N+](=O)[O-])cc1. The van der Waals surface area contributed by atoms with Crippen LogP contribution >= 0.6 is 0 Å². The second-order valence-corrected chi connectivity index (χ2v) is 7.00. The molecule has 0 radical (unpaired) electrons. The Morgan fingerprint density at radius 2 is 1.62 bits per heavy atom. The van der Waals surface area contributed by atoms with Crippen molar-refractivity contribution >= 4 is 26.9 Å². The van der Waals surface area contributed by atoms with E-state index in [9.17, 15) is 28.6 Å². The maximum atomic E-state index is 11.4. The molecule has 0 unspecified atom stereocenters. The molecule has 0 fully saturated rings. The molecular weight excluding hydrogens is 338 g/mol. The number of rotatable bonds is 6. The van der Waals surface area contributed by atoms with Crippen LogP contribution in [0.5, 0.6) is 0 Å². The molecular formula is C14H13N3O6S. The quantitative estimate of drug-likeness (QED) is 0.624. The Kier molecular flexibility index (Phi) is 4.79. The molecule has 1 N–H and O–H groups in total. The summed E-state index contributed by atoms with van der Waals surface area (Å²) in [5.74, 6) is 0. The number of sulfone groups is 1. The number of non-ortho nitro benzene ring substituents is 1. The first-order valence-electron chi connectivity index (χ1n) is 6.64. The molecule has 0 heterocycles. The summed E-state index contributed by atoms with van der Waals surface area (Å²) >= 11 is 0. The first-order valence-corrected chi connectivity index (χ1v) is 8.53. The van der Waals surface area contributed by atoms with Crippen LogP contribution in [0.25, 0.3) is 0 Å². The van der Waals surface area contributed by atoms with E-state index in [2.05, 4.69) is 5.32 Å². The van der Waals surface area contributed by atoms with Crippen LogP contribution in [0, 0.1) is 20.2 Å². The molecule has 0 aliphatic carbocycles. The molecule has 0 bridgehead atoms. The zero-order chi connectivity index (χ0) is 17.9. The minimum Gasteiger partial charge on any atom is -0.375 e. The predicted octanol–water partition coefficient (Wildman–Crippen LogP) is 2.52. The van der Waals surface area contributed by atoms with Crippen LogP contribution in [-0.4, -0.2) is 24.5 Å². The Morgan fingerprint density at radius 1 is 1.00 bits per heavy atom. The molecule has 2 aromatic rings. The third-order valence-electron chi connectivity index (χ3n) is 3.22. The fraction of sp³-hybridized carbons (Fsp3) is 0.143. The van der Waals surface area contributed by atoms with Crippen molar-refractivity contribution in [3.8, 4) is 0 Å². The molecule has 10 heteroatoms. The Bertz CT molecular complexity index is 893. The van der Waals surface area contributed by atoms with Crippen LogP contribution in [0.4, 0.5) is 17.1 Å². The topological polar surface area (TPSA) is 132 Å². The second-order valence-electron chi connectivity index (χ2n) is 4.99. The number of hydrogen-bond acceptors (Lipinski definition) is 7. The van der Waals surface area contributed by atoms with Crippen LogP contribution in [0.1, 0.15) is 5.56 Å². The van der Waals surface area contributed by atoms with E-state index in [1.807, 2.05) is 0 Å². The molecule has 2 aromatic carbocycles. The molecule has 0 aliphatic rings. The number of nitro groups is 2. The summed E-state index contributed by atoms with van der Waals surface area (Å²) in [4.78, 5) is 20.5. The van der Waals surface area contributed by atoms with Gasteiger partial charge in [-0.15, -0.1) is 0 Å². The number of nitrogens with zero attached hydrogens (tertiary/aromatic N) is 2. The lowest BCUT2D eigenvalue weighted by Gasteiger charge is -2.08. The summed E-state index contributed by atoms with van der Waals surface area (Å²) in [6, 6.07) is 9.37. The normalized spacial score (nSPS) is 11.0. The van der Waals surface area contributed by atoms with Gasteiger partial charge in [0.15, 0.2) is 9.84 Å². The molecule has 126 valence electrons. The van der Waals surface area contributed by atoms with E-state index in [-0.39, 0.29) is 22.8 Å². The lowest BCUT2D eigenvalue weighted by molar-refractivity contribution is -0.393. The van der Waals surface area contributed by atoms with Crippen molar-refractivity contribution in [2.45, 2.75) is 11.4 Å². The number of hydrogen-bond donors (Lipinski definition) is 1. The van der Waals surface area contributed by atoms with Crippen LogP contribution < -0.4 is 5.32 Å². The Morgan fingerprint density at radius 3 is 2.12 bits per heavy atom. The molecule has 0 aromatic heterocycles. The highest BCUT2D eigenvalue weighted by Gasteiger charge is 2.19. The minimum absolute atomic E-state index is 0.137. The van der Waals surface area contributed by atoms with Crippen molar-refractivity contribution in [3.63, 3.8) is 0 Å². The molecule has 0 saturated carbocycles. The maximum absolute atomic E-state index is 11.4. The summed E-state index contributed by atoms with van der Waals surface area (Å²) in [5, 5.41) is 24.6. The van der Waals surface area contributed by atoms with Gasteiger partial charge >= 0.3 is 0 Å². The van der Waals surface area contributed by atoms with E-state index < -0.39 is 25.4 Å². The van der Waals surface area contributed by atoms with Gasteiger partial charge in [-0.3, -0.25) is 20.2 Å². The average Bonchev–Trinajstić information content (AvgIpc) is 2.52. The molecule has 0 aliphatic heterocycles. The highest BCUT2D eigenvalue weighted by atomic mass is 32.2. The first kappa shape index (κ1) is 17.3. The van der Waals surface area contributed by atoms with Crippen LogP contribution in [0.3, 0.4) is 0 Å². The van der Waals surface area contributed by atoms with Gasteiger partial charge in [-0.25, -0.2) is 8.42 Å². The lowest BCUT2D eigenvalue weighted by Crippen LogP contribution is -2.04. The smallest absolute Gasteiger partial charge is 0.299 e. The third kappa shape index (κ3) is 4.04. The molecule has 0 amide bonds. The van der Waals surface area contributed by atoms with Gasteiger partial charge in [0.2, 0.25) is 0 Å². The van der Waals surface area contributed by atoms with Gasteiger partial charge in [-0.05, 0) is 23.8 Å². The fourth-order valence-electron chi connectivity index (χ4n) is 1.99. The van der Waals surface area contributed by atoms with E-state index in [0.717, 1.165) is 12.3 Å². The Balaban J connectivity index is 2.20. The van der Waals surface area contributed by atoms with Gasteiger partial charge < -0.3 is 5.32 Å². The molecule has 9 nitrogen and oxygen atoms in total. The van der Waals surface area contributed by atoms with Gasteiger partial charge in [-0.1, -0.05) is 12.1 Å². The van der Waals surface area contributed by atoms with Gasteiger partial charge in [0.25, 0.3) is 11.4 Å². The van der Waals surface area contributed by atoms with Gasteiger partial charge in [-0.2, -0.15) is 0 Å². The number of anilines is 1. The predicted molar refractivity (Wildman–Crippen MR) is 86.6 cm³/mol. The van der Waals surface area contributed by atoms with E-state index in [0.29, 0.717) is 5.56 Å². The summed E-state index contributed by atoms with van der Waals surface area (Å²) in [6.45, 7) is 0.197. The first-order chi connectivity index (χ1) is 11.2. The van der Waals surface area contributed by atoms with Crippen molar-refractivity contribution in [2.75, 3.05) is 11.6 Å². The maximum Gasteiger partial charge on any atom is 0.299 e. The lowest BCUT2D eigenvalue weighted by atomic mass is 10.2. The number of benzene rings is 2. The molecule has 0 atom stereocenters. The summed E-state index contributed by atoms with van der Waals surface area (Å²) in [7, 11) is -3.29. The number of nitrogens with one attached hydrogen (secondary N) is 1. The average molecular weight is 351 g/mol. The third-order valence-corrected chi connectivity index (χ3v) is 4.35. The summed E-state index contributed by atoms with van der Waals surface area (Å²) in [6.07, 6.45) is 1.10. The fourth-order valence-corrected chi connectivity index (χ4v) is 2.62. The standard InChI is InChI=1S/C14H13N3O6S/c1-24(22,23)12-5-2-10(3-6-12)9-15-13-7-4-11(16(18)19)8-14(13)17(20)21/h2-8,15H,9H2,1H3. The molecule has 24 heavy (non-hydrogen) atoms. The monoisotopic (exact) mass is 351 g/mol. The van der Waals surface area contributed by atoms with E-state index in [1.54, 1.807) is 12.1 Å². The van der Waals surface area contributed by atoms with Crippen LogP contribution in [0.2, 0.25) is 0 Å². The van der Waals surface area contributed by atoms with Gasteiger partial charge in [0, 0.05) is 18.9 Å². The largest absolute Gasteiger partial charge is 0.375 e. The van der Waals surface area contributed by atoms with E-state index >= 15 is 0 Å².